The molecule has 1 heterocycles. The van der Waals surface area contributed by atoms with Gasteiger partial charge in [0.25, 0.3) is 5.91 Å². The molecular weight excluding hydrogens is 238 g/mol. The molecule has 0 saturated heterocycles. The molecule has 0 aromatic carbocycles. The molecule has 1 saturated carbocycles. The van der Waals surface area contributed by atoms with Crippen molar-refractivity contribution in [2.45, 2.75) is 32.6 Å². The average molecular weight is 261 g/mol. The molecule has 1 aliphatic rings. The van der Waals surface area contributed by atoms with Crippen molar-refractivity contribution in [2.24, 2.45) is 11.8 Å². The molecule has 104 valence electrons. The van der Waals surface area contributed by atoms with Crippen molar-refractivity contribution >= 4 is 11.7 Å². The molecule has 4 nitrogen and oxygen atoms in total. The van der Waals surface area contributed by atoms with Gasteiger partial charge in [-0.15, -0.1) is 0 Å². The van der Waals surface area contributed by atoms with Gasteiger partial charge in [-0.3, -0.25) is 4.79 Å². The summed E-state index contributed by atoms with van der Waals surface area (Å²) in [6, 6.07) is 3.62. The van der Waals surface area contributed by atoms with Crippen LogP contribution >= 0.6 is 0 Å². The average Bonchev–Trinajstić information content (AvgIpc) is 2.46. The predicted molar refractivity (Wildman–Crippen MR) is 77.2 cm³/mol. The SMILES string of the molecule is CNc1ccc(C(=O)NCC2CCC(C)CC2)cn1. The highest BCUT2D eigenvalue weighted by Gasteiger charge is 2.18. The molecule has 1 fully saturated rings. The summed E-state index contributed by atoms with van der Waals surface area (Å²) in [4.78, 5) is 16.1. The lowest BCUT2D eigenvalue weighted by Gasteiger charge is -2.26. The van der Waals surface area contributed by atoms with Crippen LogP contribution in [0.3, 0.4) is 0 Å². The molecule has 0 aliphatic heterocycles. The molecule has 2 rings (SSSR count). The van der Waals surface area contributed by atoms with E-state index in [0.29, 0.717) is 11.5 Å². The Hall–Kier alpha value is -1.58. The molecule has 0 spiro atoms. The minimum absolute atomic E-state index is 0.0197. The van der Waals surface area contributed by atoms with E-state index >= 15 is 0 Å². The van der Waals surface area contributed by atoms with E-state index < -0.39 is 0 Å². The largest absolute Gasteiger partial charge is 0.373 e. The fourth-order valence-electron chi connectivity index (χ4n) is 2.55. The Morgan fingerprint density at radius 2 is 2.05 bits per heavy atom. The van der Waals surface area contributed by atoms with Gasteiger partial charge in [0.15, 0.2) is 0 Å². The van der Waals surface area contributed by atoms with Gasteiger partial charge in [0.2, 0.25) is 0 Å². The van der Waals surface area contributed by atoms with Gasteiger partial charge in [0.1, 0.15) is 5.82 Å². The summed E-state index contributed by atoms with van der Waals surface area (Å²) < 4.78 is 0. The maximum Gasteiger partial charge on any atom is 0.252 e. The van der Waals surface area contributed by atoms with Crippen LogP contribution in [-0.2, 0) is 0 Å². The van der Waals surface area contributed by atoms with Crippen molar-refractivity contribution in [1.29, 1.82) is 0 Å². The van der Waals surface area contributed by atoms with Crippen LogP contribution in [0.1, 0.15) is 43.0 Å². The monoisotopic (exact) mass is 261 g/mol. The third-order valence-electron chi connectivity index (χ3n) is 3.97. The van der Waals surface area contributed by atoms with Crippen molar-refractivity contribution in [1.82, 2.24) is 10.3 Å². The van der Waals surface area contributed by atoms with E-state index in [2.05, 4.69) is 22.5 Å². The normalized spacial score (nSPS) is 22.8. The zero-order valence-corrected chi connectivity index (χ0v) is 11.8. The fraction of sp³-hybridized carbons (Fsp3) is 0.600. The first-order valence-corrected chi connectivity index (χ1v) is 7.11. The number of carbonyl (C=O) groups excluding carboxylic acids is 1. The van der Waals surface area contributed by atoms with Gasteiger partial charge in [-0.05, 0) is 36.8 Å². The Morgan fingerprint density at radius 3 is 2.63 bits per heavy atom. The van der Waals surface area contributed by atoms with Gasteiger partial charge in [0, 0.05) is 19.8 Å². The Labute approximate surface area is 115 Å². The van der Waals surface area contributed by atoms with Crippen LogP contribution in [-0.4, -0.2) is 24.5 Å². The third-order valence-corrected chi connectivity index (χ3v) is 3.97. The first-order valence-electron chi connectivity index (χ1n) is 7.11. The maximum absolute atomic E-state index is 12.0. The molecule has 0 bridgehead atoms. The summed E-state index contributed by atoms with van der Waals surface area (Å²) in [5.41, 5.74) is 0.628. The topological polar surface area (TPSA) is 54.0 Å². The first-order chi connectivity index (χ1) is 9.19. The number of amides is 1. The molecule has 19 heavy (non-hydrogen) atoms. The first kappa shape index (κ1) is 13.8. The lowest BCUT2D eigenvalue weighted by atomic mass is 9.83. The Kier molecular flexibility index (Phi) is 4.77. The Bertz CT molecular complexity index is 408. The summed E-state index contributed by atoms with van der Waals surface area (Å²) in [7, 11) is 1.81. The van der Waals surface area contributed by atoms with Gasteiger partial charge in [-0.1, -0.05) is 19.8 Å². The number of rotatable bonds is 4. The van der Waals surface area contributed by atoms with E-state index in [0.717, 1.165) is 18.3 Å². The van der Waals surface area contributed by atoms with Crippen molar-refractivity contribution in [3.8, 4) is 0 Å². The standard InChI is InChI=1S/C15H23N3O/c1-11-3-5-12(6-4-11)9-18-15(19)13-7-8-14(16-2)17-10-13/h7-8,10-12H,3-6,9H2,1-2H3,(H,16,17)(H,18,19). The lowest BCUT2D eigenvalue weighted by molar-refractivity contribution is 0.0941. The minimum atomic E-state index is -0.0197. The predicted octanol–water partition coefficient (Wildman–Crippen LogP) is 2.68. The van der Waals surface area contributed by atoms with Crippen LogP contribution in [0.5, 0.6) is 0 Å². The molecule has 0 unspecified atom stereocenters. The molecule has 1 aromatic rings. The van der Waals surface area contributed by atoms with Crippen molar-refractivity contribution in [3.63, 3.8) is 0 Å². The minimum Gasteiger partial charge on any atom is -0.373 e. The molecule has 4 heteroatoms. The Balaban J connectivity index is 1.80. The van der Waals surface area contributed by atoms with Gasteiger partial charge in [0.05, 0.1) is 5.56 Å². The van der Waals surface area contributed by atoms with Gasteiger partial charge < -0.3 is 10.6 Å². The van der Waals surface area contributed by atoms with E-state index in [1.807, 2.05) is 13.1 Å². The molecular formula is C15H23N3O. The number of carbonyl (C=O) groups is 1. The van der Waals surface area contributed by atoms with E-state index in [1.165, 1.54) is 25.7 Å². The number of nitrogens with zero attached hydrogens (tertiary/aromatic N) is 1. The Morgan fingerprint density at radius 1 is 1.32 bits per heavy atom. The fourth-order valence-corrected chi connectivity index (χ4v) is 2.55. The van der Waals surface area contributed by atoms with Crippen LogP contribution in [0.15, 0.2) is 18.3 Å². The van der Waals surface area contributed by atoms with E-state index in [4.69, 9.17) is 0 Å². The van der Waals surface area contributed by atoms with Crippen LogP contribution in [0.2, 0.25) is 0 Å². The molecule has 1 aliphatic carbocycles. The maximum atomic E-state index is 12.0. The third kappa shape index (κ3) is 3.94. The van der Waals surface area contributed by atoms with Crippen LogP contribution < -0.4 is 10.6 Å². The summed E-state index contributed by atoms with van der Waals surface area (Å²) >= 11 is 0. The molecule has 1 aromatic heterocycles. The van der Waals surface area contributed by atoms with Crippen LogP contribution in [0, 0.1) is 11.8 Å². The number of hydrogen-bond donors (Lipinski definition) is 2. The van der Waals surface area contributed by atoms with Crippen molar-refractivity contribution < 1.29 is 4.79 Å². The van der Waals surface area contributed by atoms with Crippen LogP contribution in [0.4, 0.5) is 5.82 Å². The highest BCUT2D eigenvalue weighted by Crippen LogP contribution is 2.27. The smallest absolute Gasteiger partial charge is 0.252 e. The summed E-state index contributed by atoms with van der Waals surface area (Å²) in [6.45, 7) is 3.10. The zero-order valence-electron chi connectivity index (χ0n) is 11.8. The molecule has 0 atom stereocenters. The number of anilines is 1. The van der Waals surface area contributed by atoms with Gasteiger partial charge in [-0.2, -0.15) is 0 Å². The van der Waals surface area contributed by atoms with Crippen molar-refractivity contribution in [3.05, 3.63) is 23.9 Å². The molecule has 1 amide bonds. The quantitative estimate of drug-likeness (QED) is 0.876. The second-order valence-corrected chi connectivity index (χ2v) is 5.52. The summed E-state index contributed by atoms with van der Waals surface area (Å²) in [5, 5.41) is 5.96. The van der Waals surface area contributed by atoms with Crippen molar-refractivity contribution in [2.75, 3.05) is 18.9 Å². The van der Waals surface area contributed by atoms with E-state index in [9.17, 15) is 4.79 Å². The second kappa shape index (κ2) is 6.55. The lowest BCUT2D eigenvalue weighted by Crippen LogP contribution is -2.31. The van der Waals surface area contributed by atoms with E-state index in [-0.39, 0.29) is 5.91 Å². The summed E-state index contributed by atoms with van der Waals surface area (Å²) in [6.07, 6.45) is 6.67. The number of aromatic nitrogens is 1. The highest BCUT2D eigenvalue weighted by molar-refractivity contribution is 5.94. The molecule has 0 radical (unpaired) electrons. The zero-order chi connectivity index (χ0) is 13.7. The van der Waals surface area contributed by atoms with Gasteiger partial charge in [-0.25, -0.2) is 4.98 Å². The molecule has 2 N–H and O–H groups in total. The van der Waals surface area contributed by atoms with Crippen LogP contribution in [0.25, 0.3) is 0 Å². The second-order valence-electron chi connectivity index (χ2n) is 5.52. The number of nitrogens with one attached hydrogen (secondary N) is 2. The number of pyridine rings is 1. The van der Waals surface area contributed by atoms with E-state index in [1.54, 1.807) is 12.3 Å². The number of hydrogen-bond acceptors (Lipinski definition) is 3. The highest BCUT2D eigenvalue weighted by atomic mass is 16.1. The van der Waals surface area contributed by atoms with Gasteiger partial charge >= 0.3 is 0 Å². The summed E-state index contributed by atoms with van der Waals surface area (Å²) in [5.74, 6) is 2.25.